The number of fused-ring (bicyclic) bond motifs is 2. The zero-order valence-electron chi connectivity index (χ0n) is 24.5. The Morgan fingerprint density at radius 2 is 1.32 bits per heavy atom. The molecular formula is C31H44O8Si. The van der Waals surface area contributed by atoms with Gasteiger partial charge < -0.3 is 38.0 Å². The van der Waals surface area contributed by atoms with Gasteiger partial charge in [-0.3, -0.25) is 0 Å². The van der Waals surface area contributed by atoms with Crippen LogP contribution in [0.25, 0.3) is 0 Å². The van der Waals surface area contributed by atoms with Crippen LogP contribution < -0.4 is 10.4 Å². The maximum absolute atomic E-state index is 11.7. The maximum atomic E-state index is 11.7. The molecule has 8 nitrogen and oxygen atoms in total. The SMILES string of the molecule is CO[C@H]1O[C@H](CO[Si](c2ccccc2)(c2ccccc2)C(C)(C)C)[C@@H](O)[C@@H]2O[C@]3(OC)CCCC[C@@]3(OC)O[C@@H]12. The lowest BCUT2D eigenvalue weighted by molar-refractivity contribution is -0.500. The molecule has 1 saturated carbocycles. The van der Waals surface area contributed by atoms with Crippen LogP contribution in [0.4, 0.5) is 0 Å². The van der Waals surface area contributed by atoms with E-state index in [9.17, 15) is 5.11 Å². The van der Waals surface area contributed by atoms with E-state index < -0.39 is 50.6 Å². The fourth-order valence-electron chi connectivity index (χ4n) is 6.89. The largest absolute Gasteiger partial charge is 0.405 e. The highest BCUT2D eigenvalue weighted by molar-refractivity contribution is 6.99. The third-order valence-electron chi connectivity index (χ3n) is 8.89. The van der Waals surface area contributed by atoms with Crippen molar-refractivity contribution in [3.63, 3.8) is 0 Å². The molecule has 0 radical (unpaired) electrons. The molecule has 2 aromatic carbocycles. The molecule has 1 N–H and O–H groups in total. The van der Waals surface area contributed by atoms with Gasteiger partial charge in [0.05, 0.1) is 6.61 Å². The molecule has 5 rings (SSSR count). The molecule has 2 saturated heterocycles. The lowest BCUT2D eigenvalue weighted by atomic mass is 9.84. The van der Waals surface area contributed by atoms with E-state index in [-0.39, 0.29) is 11.6 Å². The van der Waals surface area contributed by atoms with Crippen LogP contribution >= 0.6 is 0 Å². The van der Waals surface area contributed by atoms with E-state index in [4.69, 9.17) is 32.8 Å². The Kier molecular flexibility index (Phi) is 8.61. The van der Waals surface area contributed by atoms with Crippen LogP contribution in [0.2, 0.25) is 5.04 Å². The zero-order chi connectivity index (χ0) is 28.6. The molecule has 3 fully saturated rings. The van der Waals surface area contributed by atoms with Crippen LogP contribution in [-0.4, -0.2) is 83.6 Å². The number of hydrogen-bond donors (Lipinski definition) is 1. The van der Waals surface area contributed by atoms with Gasteiger partial charge in [-0.05, 0) is 28.3 Å². The molecule has 0 aromatic heterocycles. The number of ether oxygens (including phenoxy) is 6. The van der Waals surface area contributed by atoms with E-state index in [0.717, 1.165) is 23.2 Å². The number of aliphatic hydroxyl groups is 1. The van der Waals surface area contributed by atoms with Crippen LogP contribution in [0.1, 0.15) is 46.5 Å². The number of hydrogen-bond acceptors (Lipinski definition) is 8. The molecule has 0 unspecified atom stereocenters. The Morgan fingerprint density at radius 1 is 0.825 bits per heavy atom. The molecule has 220 valence electrons. The average Bonchev–Trinajstić information content (AvgIpc) is 2.98. The smallest absolute Gasteiger partial charge is 0.261 e. The summed E-state index contributed by atoms with van der Waals surface area (Å²) in [4.78, 5) is 0. The average molecular weight is 573 g/mol. The van der Waals surface area contributed by atoms with Crippen LogP contribution in [0.15, 0.2) is 60.7 Å². The van der Waals surface area contributed by atoms with Gasteiger partial charge >= 0.3 is 0 Å². The normalized spacial score (nSPS) is 34.6. The Labute approximate surface area is 238 Å². The summed E-state index contributed by atoms with van der Waals surface area (Å²) in [6.07, 6.45) is -0.996. The molecule has 0 amide bonds. The number of aliphatic hydroxyl groups excluding tert-OH is 1. The molecule has 0 bridgehead atoms. The fraction of sp³-hybridized carbons (Fsp3) is 0.613. The summed E-state index contributed by atoms with van der Waals surface area (Å²) in [6, 6.07) is 20.8. The second kappa shape index (κ2) is 11.5. The van der Waals surface area contributed by atoms with Crippen molar-refractivity contribution >= 4 is 18.7 Å². The van der Waals surface area contributed by atoms with Crippen molar-refractivity contribution in [3.8, 4) is 0 Å². The first-order valence-electron chi connectivity index (χ1n) is 14.2. The molecule has 40 heavy (non-hydrogen) atoms. The minimum Gasteiger partial charge on any atom is -0.405 e. The van der Waals surface area contributed by atoms with Crippen molar-refractivity contribution in [2.24, 2.45) is 0 Å². The van der Waals surface area contributed by atoms with Gasteiger partial charge in [-0.2, -0.15) is 0 Å². The molecule has 3 aliphatic rings. The second-order valence-corrected chi connectivity index (χ2v) is 16.3. The van der Waals surface area contributed by atoms with E-state index in [0.29, 0.717) is 12.8 Å². The predicted molar refractivity (Wildman–Crippen MR) is 153 cm³/mol. The van der Waals surface area contributed by atoms with Gasteiger partial charge in [0.15, 0.2) is 6.29 Å². The topological polar surface area (TPSA) is 84.8 Å². The van der Waals surface area contributed by atoms with Crippen LogP contribution in [0.5, 0.6) is 0 Å². The van der Waals surface area contributed by atoms with E-state index in [1.54, 1.807) is 21.3 Å². The first-order chi connectivity index (χ1) is 19.2. The zero-order valence-corrected chi connectivity index (χ0v) is 25.5. The van der Waals surface area contributed by atoms with Gasteiger partial charge in [-0.25, -0.2) is 0 Å². The highest BCUT2D eigenvalue weighted by atomic mass is 28.4. The van der Waals surface area contributed by atoms with Crippen LogP contribution in [0.3, 0.4) is 0 Å². The van der Waals surface area contributed by atoms with Crippen molar-refractivity contribution in [2.75, 3.05) is 27.9 Å². The molecule has 1 aliphatic carbocycles. The van der Waals surface area contributed by atoms with Crippen molar-refractivity contribution in [3.05, 3.63) is 60.7 Å². The third-order valence-corrected chi connectivity index (χ3v) is 13.9. The van der Waals surface area contributed by atoms with E-state index in [1.165, 1.54) is 0 Å². The molecule has 0 spiro atoms. The van der Waals surface area contributed by atoms with Gasteiger partial charge in [0, 0.05) is 34.2 Å². The summed E-state index contributed by atoms with van der Waals surface area (Å²) in [5.41, 5.74) is 0. The minimum absolute atomic E-state index is 0.149. The van der Waals surface area contributed by atoms with Gasteiger partial charge in [0.2, 0.25) is 11.6 Å². The lowest BCUT2D eigenvalue weighted by Crippen LogP contribution is -2.75. The Bertz CT molecular complexity index is 1070. The maximum Gasteiger partial charge on any atom is 0.261 e. The summed E-state index contributed by atoms with van der Waals surface area (Å²) >= 11 is 0. The number of methoxy groups -OCH3 is 3. The van der Waals surface area contributed by atoms with Crippen LogP contribution in [-0.2, 0) is 32.8 Å². The monoisotopic (exact) mass is 572 g/mol. The Hall–Kier alpha value is -1.66. The van der Waals surface area contributed by atoms with Crippen molar-refractivity contribution in [1.29, 1.82) is 0 Å². The molecule has 2 aliphatic heterocycles. The highest BCUT2D eigenvalue weighted by Crippen LogP contribution is 2.51. The molecule has 9 heteroatoms. The first kappa shape index (κ1) is 29.8. The molecule has 2 aromatic rings. The van der Waals surface area contributed by atoms with Crippen molar-refractivity contribution in [2.45, 2.75) is 93.8 Å². The minimum atomic E-state index is -2.85. The first-order valence-corrected chi connectivity index (χ1v) is 16.1. The summed E-state index contributed by atoms with van der Waals surface area (Å²) in [5, 5.41) is 13.8. The highest BCUT2D eigenvalue weighted by Gasteiger charge is 2.67. The van der Waals surface area contributed by atoms with Crippen molar-refractivity contribution in [1.82, 2.24) is 0 Å². The predicted octanol–water partition coefficient (Wildman–Crippen LogP) is 3.34. The van der Waals surface area contributed by atoms with E-state index in [2.05, 4.69) is 69.3 Å². The molecule has 7 atom stereocenters. The fourth-order valence-corrected chi connectivity index (χ4v) is 11.5. The van der Waals surface area contributed by atoms with Gasteiger partial charge in [-0.1, -0.05) is 81.4 Å². The van der Waals surface area contributed by atoms with Crippen LogP contribution in [0, 0.1) is 0 Å². The van der Waals surface area contributed by atoms with E-state index >= 15 is 0 Å². The summed E-state index contributed by atoms with van der Waals surface area (Å²) in [6.45, 7) is 6.81. The second-order valence-electron chi connectivity index (χ2n) is 12.0. The lowest BCUT2D eigenvalue weighted by Gasteiger charge is -2.60. The number of benzene rings is 2. The standard InChI is InChI=1S/C31H44O8Si/c1-29(2,3)40(22-15-9-7-10-16-22,23-17-11-8-12-18-23)36-21-24-25(32)26-27(28(33-4)37-24)39-31(35-6)20-14-13-19-30(31,34-5)38-26/h7-12,15-18,24-28,32H,13-14,19-21H2,1-6H3/t24-,25-,26+,27-,28+,30-,31-/m1/s1. The number of rotatable bonds is 8. The van der Waals surface area contributed by atoms with Gasteiger partial charge in [-0.15, -0.1) is 0 Å². The van der Waals surface area contributed by atoms with Gasteiger partial charge in [0.25, 0.3) is 8.32 Å². The molecule has 2 heterocycles. The quantitative estimate of drug-likeness (QED) is 0.483. The third kappa shape index (κ3) is 4.79. The summed E-state index contributed by atoms with van der Waals surface area (Å²) < 4.78 is 44.3. The van der Waals surface area contributed by atoms with E-state index in [1.807, 2.05) is 12.1 Å². The Balaban J connectivity index is 1.48. The summed E-state index contributed by atoms with van der Waals surface area (Å²) in [5.74, 6) is -2.25. The van der Waals surface area contributed by atoms with Gasteiger partial charge in [0.1, 0.15) is 24.4 Å². The van der Waals surface area contributed by atoms with Crippen molar-refractivity contribution < 1.29 is 38.0 Å². The summed E-state index contributed by atoms with van der Waals surface area (Å²) in [7, 11) is 1.92. The Morgan fingerprint density at radius 3 is 1.77 bits per heavy atom. The molecular weight excluding hydrogens is 528 g/mol.